The number of ether oxygens (including phenoxy) is 1. The van der Waals surface area contributed by atoms with Gasteiger partial charge in [0.15, 0.2) is 11.6 Å². The molecule has 0 saturated carbocycles. The van der Waals surface area contributed by atoms with Crippen molar-refractivity contribution in [1.29, 1.82) is 0 Å². The van der Waals surface area contributed by atoms with Crippen LogP contribution in [-0.2, 0) is 6.61 Å². The van der Waals surface area contributed by atoms with Gasteiger partial charge < -0.3 is 4.74 Å². The first-order chi connectivity index (χ1) is 11.8. The summed E-state index contributed by atoms with van der Waals surface area (Å²) in [5.74, 6) is 1.80. The number of nitrogens with zero attached hydrogens (tertiary/aromatic N) is 4. The standard InChI is InChI=1S/C17H12BrN5O/c18-12-7-5-11(6-8-12)16-21-15(22-23-16)9-24-17-13-3-1-2-4-14(13)19-10-20-17/h1-8,10H,9H2,(H,21,22,23). The van der Waals surface area contributed by atoms with Crippen LogP contribution >= 0.6 is 15.9 Å². The number of hydrogen-bond acceptors (Lipinski definition) is 5. The summed E-state index contributed by atoms with van der Waals surface area (Å²) >= 11 is 3.41. The molecule has 7 heteroatoms. The molecule has 4 aromatic rings. The second-order valence-electron chi connectivity index (χ2n) is 5.10. The van der Waals surface area contributed by atoms with Crippen LogP contribution in [0, 0.1) is 0 Å². The fourth-order valence-electron chi connectivity index (χ4n) is 2.32. The number of aromatic nitrogens is 5. The molecule has 1 N–H and O–H groups in total. The van der Waals surface area contributed by atoms with E-state index in [1.165, 1.54) is 6.33 Å². The number of para-hydroxylation sites is 1. The average molecular weight is 382 g/mol. The number of halogens is 1. The van der Waals surface area contributed by atoms with Crippen LogP contribution in [0.2, 0.25) is 0 Å². The van der Waals surface area contributed by atoms with E-state index in [9.17, 15) is 0 Å². The van der Waals surface area contributed by atoms with Gasteiger partial charge in [0.25, 0.3) is 0 Å². The Bertz CT molecular complexity index is 978. The van der Waals surface area contributed by atoms with E-state index >= 15 is 0 Å². The zero-order valence-electron chi connectivity index (χ0n) is 12.5. The van der Waals surface area contributed by atoms with Crippen molar-refractivity contribution < 1.29 is 4.74 Å². The number of aromatic amines is 1. The third-order valence-electron chi connectivity index (χ3n) is 3.49. The quantitative estimate of drug-likeness (QED) is 0.582. The van der Waals surface area contributed by atoms with Gasteiger partial charge in [-0.1, -0.05) is 40.2 Å². The van der Waals surface area contributed by atoms with Crippen LogP contribution in [0.25, 0.3) is 22.3 Å². The number of hydrogen-bond donors (Lipinski definition) is 1. The minimum atomic E-state index is 0.254. The van der Waals surface area contributed by atoms with Crippen LogP contribution < -0.4 is 4.74 Å². The SMILES string of the molecule is Brc1ccc(-c2n[nH]c(COc3ncnc4ccccc34)n2)cc1. The Morgan fingerprint density at radius 3 is 2.71 bits per heavy atom. The lowest BCUT2D eigenvalue weighted by Crippen LogP contribution is -2.00. The summed E-state index contributed by atoms with van der Waals surface area (Å²) in [7, 11) is 0. The molecule has 6 nitrogen and oxygen atoms in total. The Morgan fingerprint density at radius 1 is 1.00 bits per heavy atom. The van der Waals surface area contributed by atoms with Crippen molar-refractivity contribution in [3.8, 4) is 17.3 Å². The van der Waals surface area contributed by atoms with Crippen molar-refractivity contribution in [3.63, 3.8) is 0 Å². The molecule has 0 amide bonds. The molecule has 0 aliphatic carbocycles. The maximum absolute atomic E-state index is 5.78. The Morgan fingerprint density at radius 2 is 1.83 bits per heavy atom. The van der Waals surface area contributed by atoms with Gasteiger partial charge in [-0.15, -0.1) is 0 Å². The lowest BCUT2D eigenvalue weighted by Gasteiger charge is -2.05. The number of nitrogens with one attached hydrogen (secondary N) is 1. The highest BCUT2D eigenvalue weighted by molar-refractivity contribution is 9.10. The van der Waals surface area contributed by atoms with Crippen molar-refractivity contribution in [2.75, 3.05) is 0 Å². The molecule has 2 aromatic carbocycles. The largest absolute Gasteiger partial charge is 0.469 e. The Balaban J connectivity index is 1.53. The number of rotatable bonds is 4. The fraction of sp³-hybridized carbons (Fsp3) is 0.0588. The topological polar surface area (TPSA) is 76.6 Å². The van der Waals surface area contributed by atoms with Gasteiger partial charge in [0.1, 0.15) is 12.9 Å². The highest BCUT2D eigenvalue weighted by Gasteiger charge is 2.09. The van der Waals surface area contributed by atoms with Gasteiger partial charge in [-0.3, -0.25) is 5.10 Å². The molecule has 2 aromatic heterocycles. The summed E-state index contributed by atoms with van der Waals surface area (Å²) in [6.07, 6.45) is 1.49. The zero-order chi connectivity index (χ0) is 16.4. The Kier molecular flexibility index (Phi) is 3.92. The van der Waals surface area contributed by atoms with Crippen molar-refractivity contribution in [2.24, 2.45) is 0 Å². The molecule has 0 saturated heterocycles. The van der Waals surface area contributed by atoms with E-state index in [0.717, 1.165) is 20.9 Å². The van der Waals surface area contributed by atoms with Gasteiger partial charge in [0.05, 0.1) is 10.9 Å². The van der Waals surface area contributed by atoms with Crippen molar-refractivity contribution in [3.05, 3.63) is 65.2 Å². The molecule has 0 radical (unpaired) electrons. The molecule has 4 rings (SSSR count). The average Bonchev–Trinajstić information content (AvgIpc) is 3.09. The van der Waals surface area contributed by atoms with Gasteiger partial charge in [0, 0.05) is 10.0 Å². The molecular weight excluding hydrogens is 370 g/mol. The minimum absolute atomic E-state index is 0.254. The molecule has 0 fully saturated rings. The molecule has 118 valence electrons. The third kappa shape index (κ3) is 2.98. The van der Waals surface area contributed by atoms with Crippen molar-refractivity contribution >= 4 is 26.8 Å². The monoisotopic (exact) mass is 381 g/mol. The van der Waals surface area contributed by atoms with Crippen LogP contribution in [0.4, 0.5) is 0 Å². The van der Waals surface area contributed by atoms with E-state index in [-0.39, 0.29) is 6.61 Å². The summed E-state index contributed by atoms with van der Waals surface area (Å²) in [4.78, 5) is 12.9. The van der Waals surface area contributed by atoms with Gasteiger partial charge >= 0.3 is 0 Å². The van der Waals surface area contributed by atoms with E-state index in [4.69, 9.17) is 4.74 Å². The van der Waals surface area contributed by atoms with E-state index in [2.05, 4.69) is 41.1 Å². The normalized spacial score (nSPS) is 10.9. The molecular formula is C17H12BrN5O. The first kappa shape index (κ1) is 14.8. The van der Waals surface area contributed by atoms with Gasteiger partial charge in [-0.2, -0.15) is 5.10 Å². The van der Waals surface area contributed by atoms with Crippen molar-refractivity contribution in [1.82, 2.24) is 25.1 Å². The van der Waals surface area contributed by atoms with Crippen LogP contribution in [0.15, 0.2) is 59.3 Å². The van der Waals surface area contributed by atoms with Gasteiger partial charge in [-0.05, 0) is 24.3 Å². The van der Waals surface area contributed by atoms with Crippen LogP contribution in [0.3, 0.4) is 0 Å². The number of fused-ring (bicyclic) bond motifs is 1. The van der Waals surface area contributed by atoms with Gasteiger partial charge in [0.2, 0.25) is 5.88 Å². The molecule has 0 unspecified atom stereocenters. The summed E-state index contributed by atoms with van der Waals surface area (Å²) in [5.41, 5.74) is 1.78. The first-order valence-electron chi connectivity index (χ1n) is 7.29. The van der Waals surface area contributed by atoms with Crippen LogP contribution in [0.1, 0.15) is 5.82 Å². The third-order valence-corrected chi connectivity index (χ3v) is 4.01. The van der Waals surface area contributed by atoms with Crippen molar-refractivity contribution in [2.45, 2.75) is 6.61 Å². The summed E-state index contributed by atoms with van der Waals surface area (Å²) in [5, 5.41) is 7.99. The van der Waals surface area contributed by atoms with E-state index in [1.54, 1.807) is 0 Å². The lowest BCUT2D eigenvalue weighted by molar-refractivity contribution is 0.288. The molecule has 0 aliphatic rings. The maximum atomic E-state index is 5.78. The minimum Gasteiger partial charge on any atom is -0.469 e. The van der Waals surface area contributed by atoms with E-state index in [0.29, 0.717) is 17.5 Å². The summed E-state index contributed by atoms with van der Waals surface area (Å²) in [6, 6.07) is 15.5. The zero-order valence-corrected chi connectivity index (χ0v) is 14.1. The highest BCUT2D eigenvalue weighted by Crippen LogP contribution is 2.22. The highest BCUT2D eigenvalue weighted by atomic mass is 79.9. The maximum Gasteiger partial charge on any atom is 0.224 e. The predicted molar refractivity (Wildman–Crippen MR) is 93.4 cm³/mol. The summed E-state index contributed by atoms with van der Waals surface area (Å²) in [6.45, 7) is 0.254. The smallest absolute Gasteiger partial charge is 0.224 e. The number of H-pyrrole nitrogens is 1. The Labute approximate surface area is 146 Å². The van der Waals surface area contributed by atoms with E-state index < -0.39 is 0 Å². The summed E-state index contributed by atoms with van der Waals surface area (Å²) < 4.78 is 6.80. The molecule has 0 spiro atoms. The number of benzene rings is 2. The second-order valence-corrected chi connectivity index (χ2v) is 6.01. The molecule has 0 aliphatic heterocycles. The van der Waals surface area contributed by atoms with E-state index in [1.807, 2.05) is 48.5 Å². The lowest BCUT2D eigenvalue weighted by atomic mass is 10.2. The predicted octanol–water partition coefficient (Wildman–Crippen LogP) is 3.76. The van der Waals surface area contributed by atoms with Crippen LogP contribution in [-0.4, -0.2) is 25.1 Å². The Hall–Kier alpha value is -2.80. The molecule has 0 atom stereocenters. The fourth-order valence-corrected chi connectivity index (χ4v) is 2.58. The second kappa shape index (κ2) is 6.37. The molecule has 0 bridgehead atoms. The van der Waals surface area contributed by atoms with Gasteiger partial charge in [-0.25, -0.2) is 15.0 Å². The van der Waals surface area contributed by atoms with Crippen LogP contribution in [0.5, 0.6) is 5.88 Å². The molecule has 24 heavy (non-hydrogen) atoms. The molecule has 2 heterocycles. The first-order valence-corrected chi connectivity index (χ1v) is 8.09.